The summed E-state index contributed by atoms with van der Waals surface area (Å²) in [7, 11) is -3.58. The number of carbonyl (C=O) groups excluding carboxylic acids is 1. The molecule has 4 aromatic rings. The summed E-state index contributed by atoms with van der Waals surface area (Å²) in [6.07, 6.45) is 2.49. The second kappa shape index (κ2) is 9.85. The minimum absolute atomic E-state index is 0.0631. The zero-order chi connectivity index (χ0) is 24.6. The maximum absolute atomic E-state index is 13.7. The second-order valence-electron chi connectivity index (χ2n) is 8.60. The van der Waals surface area contributed by atoms with Crippen LogP contribution < -0.4 is 4.90 Å². The molecule has 35 heavy (non-hydrogen) atoms. The summed E-state index contributed by atoms with van der Waals surface area (Å²) >= 11 is 4.94. The number of benzene rings is 2. The highest BCUT2D eigenvalue weighted by Crippen LogP contribution is 2.34. The zero-order valence-electron chi connectivity index (χ0n) is 19.1. The summed E-state index contributed by atoms with van der Waals surface area (Å²) in [5, 5.41) is 0.606. The van der Waals surface area contributed by atoms with E-state index in [1.165, 1.54) is 15.6 Å². The van der Waals surface area contributed by atoms with Gasteiger partial charge >= 0.3 is 0 Å². The van der Waals surface area contributed by atoms with E-state index in [4.69, 9.17) is 9.40 Å². The SMILES string of the molecule is Cc1ccc(S(=O)(=O)N2CCC(C(=O)N(Cc3ccco3)c3nc4ccc(Br)cc4s3)CC2)cc1. The van der Waals surface area contributed by atoms with Crippen molar-refractivity contribution in [1.29, 1.82) is 0 Å². The van der Waals surface area contributed by atoms with E-state index < -0.39 is 10.0 Å². The predicted octanol–water partition coefficient (Wildman–Crippen LogP) is 5.59. The second-order valence-corrected chi connectivity index (χ2v) is 12.5. The number of carbonyl (C=O) groups is 1. The van der Waals surface area contributed by atoms with Crippen molar-refractivity contribution in [2.75, 3.05) is 18.0 Å². The van der Waals surface area contributed by atoms with Gasteiger partial charge in [0.1, 0.15) is 5.76 Å². The van der Waals surface area contributed by atoms with Gasteiger partial charge in [-0.1, -0.05) is 45.0 Å². The van der Waals surface area contributed by atoms with Crippen LogP contribution in [0.4, 0.5) is 5.13 Å². The number of fused-ring (bicyclic) bond motifs is 1. The fourth-order valence-corrected chi connectivity index (χ4v) is 7.21. The van der Waals surface area contributed by atoms with Gasteiger partial charge < -0.3 is 4.42 Å². The van der Waals surface area contributed by atoms with Gasteiger partial charge in [0.05, 0.1) is 27.9 Å². The maximum Gasteiger partial charge on any atom is 0.243 e. The molecule has 0 N–H and O–H groups in total. The number of sulfonamides is 1. The lowest BCUT2D eigenvalue weighted by molar-refractivity contribution is -0.123. The number of rotatable bonds is 6. The summed E-state index contributed by atoms with van der Waals surface area (Å²) in [4.78, 5) is 20.4. The van der Waals surface area contributed by atoms with E-state index in [-0.39, 0.29) is 23.3 Å². The number of aromatic nitrogens is 1. The standard InChI is InChI=1S/C25H24BrN3O4S2/c1-17-4-7-21(8-5-17)35(31,32)28-12-10-18(11-13-28)24(30)29(16-20-3-2-14-33-20)25-27-22-9-6-19(26)15-23(22)34-25/h2-9,14-15,18H,10-13,16H2,1H3. The van der Waals surface area contributed by atoms with Crippen molar-refractivity contribution in [3.05, 3.63) is 76.7 Å². The molecule has 1 amide bonds. The van der Waals surface area contributed by atoms with Gasteiger partial charge in [-0.3, -0.25) is 9.69 Å². The zero-order valence-corrected chi connectivity index (χ0v) is 22.3. The molecule has 0 radical (unpaired) electrons. The third kappa shape index (κ3) is 5.06. The van der Waals surface area contributed by atoms with E-state index in [0.29, 0.717) is 36.8 Å². The van der Waals surface area contributed by atoms with Gasteiger partial charge in [-0.25, -0.2) is 13.4 Å². The lowest BCUT2D eigenvalue weighted by Gasteiger charge is -2.32. The average Bonchev–Trinajstić information content (AvgIpc) is 3.52. The highest BCUT2D eigenvalue weighted by molar-refractivity contribution is 9.10. The van der Waals surface area contributed by atoms with Crippen LogP contribution in [0.3, 0.4) is 0 Å². The van der Waals surface area contributed by atoms with Gasteiger partial charge in [0.15, 0.2) is 5.13 Å². The van der Waals surface area contributed by atoms with Gasteiger partial charge in [0.25, 0.3) is 0 Å². The fourth-order valence-electron chi connectivity index (χ4n) is 4.22. The number of furan rings is 1. The summed E-state index contributed by atoms with van der Waals surface area (Å²) in [5.41, 5.74) is 1.83. The van der Waals surface area contributed by atoms with E-state index in [9.17, 15) is 13.2 Å². The molecule has 1 fully saturated rings. The van der Waals surface area contributed by atoms with Gasteiger partial charge in [0.2, 0.25) is 15.9 Å². The third-order valence-electron chi connectivity index (χ3n) is 6.19. The molecular weight excluding hydrogens is 550 g/mol. The molecule has 3 heterocycles. The number of piperidine rings is 1. The molecule has 1 saturated heterocycles. The molecule has 0 unspecified atom stereocenters. The first-order valence-corrected chi connectivity index (χ1v) is 14.3. The van der Waals surface area contributed by atoms with Gasteiger partial charge in [0, 0.05) is 23.5 Å². The first-order valence-electron chi connectivity index (χ1n) is 11.3. The van der Waals surface area contributed by atoms with Crippen molar-refractivity contribution in [1.82, 2.24) is 9.29 Å². The molecular formula is C25H24BrN3O4S2. The van der Waals surface area contributed by atoms with E-state index in [1.54, 1.807) is 41.5 Å². The van der Waals surface area contributed by atoms with Crippen LogP contribution >= 0.6 is 27.3 Å². The van der Waals surface area contributed by atoms with Crippen molar-refractivity contribution in [3.63, 3.8) is 0 Å². The Labute approximate surface area is 216 Å². The van der Waals surface area contributed by atoms with Crippen molar-refractivity contribution in [2.24, 2.45) is 5.92 Å². The Hall–Kier alpha value is -2.53. The minimum Gasteiger partial charge on any atom is -0.467 e. The van der Waals surface area contributed by atoms with Crippen LogP contribution in [-0.4, -0.2) is 36.7 Å². The number of hydrogen-bond acceptors (Lipinski definition) is 6. The normalized spacial score (nSPS) is 15.5. The average molecular weight is 575 g/mol. The molecule has 0 atom stereocenters. The van der Waals surface area contributed by atoms with Crippen LogP contribution in [0.5, 0.6) is 0 Å². The van der Waals surface area contributed by atoms with E-state index >= 15 is 0 Å². The summed E-state index contributed by atoms with van der Waals surface area (Å²) in [6.45, 7) is 2.79. The molecule has 0 saturated carbocycles. The van der Waals surface area contributed by atoms with E-state index in [0.717, 1.165) is 20.3 Å². The number of hydrogen-bond donors (Lipinski definition) is 0. The molecule has 1 aliphatic heterocycles. The Morgan fingerprint density at radius 3 is 2.60 bits per heavy atom. The summed E-state index contributed by atoms with van der Waals surface area (Å²) < 4.78 is 35.1. The Balaban J connectivity index is 1.35. The number of anilines is 1. The number of amides is 1. The van der Waals surface area contributed by atoms with Crippen LogP contribution in [0.1, 0.15) is 24.2 Å². The summed E-state index contributed by atoms with van der Waals surface area (Å²) in [6, 6.07) is 16.3. The van der Waals surface area contributed by atoms with Crippen molar-refractivity contribution < 1.29 is 17.6 Å². The van der Waals surface area contributed by atoms with Crippen LogP contribution in [-0.2, 0) is 21.4 Å². The number of halogens is 1. The Kier molecular flexibility index (Phi) is 6.80. The smallest absolute Gasteiger partial charge is 0.243 e. The molecule has 0 bridgehead atoms. The van der Waals surface area contributed by atoms with Gasteiger partial charge in [-0.05, 0) is 62.2 Å². The molecule has 2 aromatic heterocycles. The van der Waals surface area contributed by atoms with Gasteiger partial charge in [-0.15, -0.1) is 0 Å². The fraction of sp³-hybridized carbons (Fsp3) is 0.280. The quantitative estimate of drug-likeness (QED) is 0.300. The number of thiazole rings is 1. The van der Waals surface area contributed by atoms with Crippen LogP contribution in [0, 0.1) is 12.8 Å². The highest BCUT2D eigenvalue weighted by Gasteiger charge is 2.35. The topological polar surface area (TPSA) is 83.7 Å². The van der Waals surface area contributed by atoms with Crippen LogP contribution in [0.25, 0.3) is 10.2 Å². The molecule has 10 heteroatoms. The van der Waals surface area contributed by atoms with Gasteiger partial charge in [-0.2, -0.15) is 4.31 Å². The van der Waals surface area contributed by atoms with Crippen molar-refractivity contribution in [3.8, 4) is 0 Å². The first kappa shape index (κ1) is 24.2. The maximum atomic E-state index is 13.7. The lowest BCUT2D eigenvalue weighted by Crippen LogP contribution is -2.44. The molecule has 0 aliphatic carbocycles. The molecule has 2 aromatic carbocycles. The third-order valence-corrected chi connectivity index (χ3v) is 9.64. The lowest BCUT2D eigenvalue weighted by atomic mass is 9.96. The molecule has 0 spiro atoms. The molecule has 182 valence electrons. The minimum atomic E-state index is -3.58. The predicted molar refractivity (Wildman–Crippen MR) is 140 cm³/mol. The Bertz CT molecular complexity index is 1440. The Morgan fingerprint density at radius 1 is 1.17 bits per heavy atom. The van der Waals surface area contributed by atoms with Crippen molar-refractivity contribution in [2.45, 2.75) is 31.2 Å². The molecule has 5 rings (SSSR count). The largest absolute Gasteiger partial charge is 0.467 e. The highest BCUT2D eigenvalue weighted by atomic mass is 79.9. The van der Waals surface area contributed by atoms with Crippen molar-refractivity contribution >= 4 is 58.5 Å². The van der Waals surface area contributed by atoms with Crippen LogP contribution in [0.2, 0.25) is 0 Å². The van der Waals surface area contributed by atoms with E-state index in [1.807, 2.05) is 31.2 Å². The number of nitrogens with zero attached hydrogens (tertiary/aromatic N) is 3. The monoisotopic (exact) mass is 573 g/mol. The Morgan fingerprint density at radius 2 is 1.91 bits per heavy atom. The molecule has 1 aliphatic rings. The van der Waals surface area contributed by atoms with Crippen LogP contribution in [0.15, 0.2) is 74.6 Å². The first-order chi connectivity index (χ1) is 16.8. The molecule has 7 nitrogen and oxygen atoms in total. The number of aryl methyl sites for hydroxylation is 1. The summed E-state index contributed by atoms with van der Waals surface area (Å²) in [5.74, 6) is 0.304. The van der Waals surface area contributed by atoms with E-state index in [2.05, 4.69) is 15.9 Å².